The Bertz CT molecular complexity index is 863. The molecule has 0 saturated heterocycles. The molecular formula is C17H16F2N4O. The first-order valence-corrected chi connectivity index (χ1v) is 7.51. The second-order valence-electron chi connectivity index (χ2n) is 5.27. The average molecular weight is 330 g/mol. The highest BCUT2D eigenvalue weighted by Gasteiger charge is 2.08. The zero-order valence-electron chi connectivity index (χ0n) is 12.8. The molecule has 0 aliphatic rings. The molecule has 7 heteroatoms. The van der Waals surface area contributed by atoms with E-state index in [1.165, 1.54) is 12.1 Å². The molecule has 0 saturated carbocycles. The number of hydrogen-bond acceptors (Lipinski definition) is 2. The Morgan fingerprint density at radius 3 is 2.83 bits per heavy atom. The van der Waals surface area contributed by atoms with Crippen LogP contribution in [-0.4, -0.2) is 22.2 Å². The number of nitrogens with one attached hydrogen (secondary N) is 2. The van der Waals surface area contributed by atoms with Gasteiger partial charge in [-0.25, -0.2) is 18.1 Å². The average Bonchev–Trinajstić information content (AvgIpc) is 3.00. The lowest BCUT2D eigenvalue weighted by Gasteiger charge is -2.08. The lowest BCUT2D eigenvalue weighted by atomic mass is 10.1. The SMILES string of the molecule is O=C(NCCc1cccc(F)c1F)NCc1cnn2ccccc12. The molecule has 2 aromatic heterocycles. The fourth-order valence-electron chi connectivity index (χ4n) is 2.41. The Hall–Kier alpha value is -2.96. The van der Waals surface area contributed by atoms with Crippen molar-refractivity contribution < 1.29 is 13.6 Å². The molecule has 0 aliphatic carbocycles. The molecule has 0 atom stereocenters. The van der Waals surface area contributed by atoms with Crippen LogP contribution < -0.4 is 10.6 Å². The minimum atomic E-state index is -0.884. The maximum Gasteiger partial charge on any atom is 0.315 e. The van der Waals surface area contributed by atoms with Crippen LogP contribution >= 0.6 is 0 Å². The summed E-state index contributed by atoms with van der Waals surface area (Å²) in [5, 5.41) is 9.52. The van der Waals surface area contributed by atoms with Crippen LogP contribution in [0.15, 0.2) is 48.8 Å². The Balaban J connectivity index is 1.48. The van der Waals surface area contributed by atoms with E-state index in [0.717, 1.165) is 17.1 Å². The highest BCUT2D eigenvalue weighted by Crippen LogP contribution is 2.11. The first-order valence-electron chi connectivity index (χ1n) is 7.51. The summed E-state index contributed by atoms with van der Waals surface area (Å²) in [4.78, 5) is 11.8. The first-order chi connectivity index (χ1) is 11.6. The molecule has 24 heavy (non-hydrogen) atoms. The number of aromatic nitrogens is 2. The molecule has 5 nitrogen and oxygen atoms in total. The van der Waals surface area contributed by atoms with E-state index in [1.807, 2.05) is 24.4 Å². The number of hydrogen-bond donors (Lipinski definition) is 2. The van der Waals surface area contributed by atoms with E-state index >= 15 is 0 Å². The summed E-state index contributed by atoms with van der Waals surface area (Å²) in [6, 6.07) is 9.31. The maximum absolute atomic E-state index is 13.5. The van der Waals surface area contributed by atoms with Gasteiger partial charge in [-0.2, -0.15) is 5.10 Å². The normalized spacial score (nSPS) is 10.8. The van der Waals surface area contributed by atoms with Gasteiger partial charge in [-0.1, -0.05) is 18.2 Å². The fourth-order valence-corrected chi connectivity index (χ4v) is 2.41. The number of benzene rings is 1. The first kappa shape index (κ1) is 15.9. The van der Waals surface area contributed by atoms with Crippen LogP contribution in [0.2, 0.25) is 0 Å². The smallest absolute Gasteiger partial charge is 0.315 e. The third-order valence-electron chi connectivity index (χ3n) is 3.66. The summed E-state index contributed by atoms with van der Waals surface area (Å²) in [6.07, 6.45) is 3.73. The molecule has 3 aromatic rings. The van der Waals surface area contributed by atoms with Gasteiger partial charge in [0.05, 0.1) is 11.7 Å². The molecule has 0 unspecified atom stereocenters. The monoisotopic (exact) mass is 330 g/mol. The van der Waals surface area contributed by atoms with E-state index in [1.54, 1.807) is 10.7 Å². The minimum Gasteiger partial charge on any atom is -0.338 e. The largest absolute Gasteiger partial charge is 0.338 e. The number of rotatable bonds is 5. The van der Waals surface area contributed by atoms with Gasteiger partial charge in [-0.3, -0.25) is 0 Å². The van der Waals surface area contributed by atoms with E-state index in [9.17, 15) is 13.6 Å². The number of carbonyl (C=O) groups is 1. The Labute approximate surface area is 137 Å². The van der Waals surface area contributed by atoms with Crippen molar-refractivity contribution in [2.75, 3.05) is 6.54 Å². The van der Waals surface area contributed by atoms with Crippen molar-refractivity contribution in [1.82, 2.24) is 20.2 Å². The van der Waals surface area contributed by atoms with Crippen molar-refractivity contribution in [3.8, 4) is 0 Å². The topological polar surface area (TPSA) is 58.4 Å². The number of carbonyl (C=O) groups excluding carboxylic acids is 1. The molecule has 0 radical (unpaired) electrons. The number of urea groups is 1. The second-order valence-corrected chi connectivity index (χ2v) is 5.27. The molecule has 2 amide bonds. The van der Waals surface area contributed by atoms with Crippen LogP contribution in [0.25, 0.3) is 5.52 Å². The van der Waals surface area contributed by atoms with Crippen LogP contribution in [-0.2, 0) is 13.0 Å². The second kappa shape index (κ2) is 7.08. The van der Waals surface area contributed by atoms with Crippen LogP contribution in [0, 0.1) is 11.6 Å². The third-order valence-corrected chi connectivity index (χ3v) is 3.66. The minimum absolute atomic E-state index is 0.209. The third kappa shape index (κ3) is 3.51. The number of fused-ring (bicyclic) bond motifs is 1. The van der Waals surface area contributed by atoms with E-state index in [-0.39, 0.29) is 24.6 Å². The lowest BCUT2D eigenvalue weighted by Crippen LogP contribution is -2.36. The molecule has 2 N–H and O–H groups in total. The summed E-state index contributed by atoms with van der Waals surface area (Å²) >= 11 is 0. The zero-order valence-corrected chi connectivity index (χ0v) is 12.8. The molecule has 0 aliphatic heterocycles. The van der Waals surface area contributed by atoms with Crippen LogP contribution in [0.1, 0.15) is 11.1 Å². The number of nitrogens with zero attached hydrogens (tertiary/aromatic N) is 2. The van der Waals surface area contributed by atoms with Gasteiger partial charge in [0.2, 0.25) is 0 Å². The molecule has 2 heterocycles. The number of pyridine rings is 1. The summed E-state index contributed by atoms with van der Waals surface area (Å²) in [5.74, 6) is -1.75. The zero-order chi connectivity index (χ0) is 16.9. The summed E-state index contributed by atoms with van der Waals surface area (Å²) in [5.41, 5.74) is 2.04. The van der Waals surface area contributed by atoms with Gasteiger partial charge in [0.1, 0.15) is 0 Å². The standard InChI is InChI=1S/C17H16F2N4O/c18-14-5-3-4-12(16(14)19)7-8-20-17(24)21-10-13-11-22-23-9-2-1-6-15(13)23/h1-6,9,11H,7-8,10H2,(H2,20,21,24). The highest BCUT2D eigenvalue weighted by atomic mass is 19.2. The van der Waals surface area contributed by atoms with Crippen molar-refractivity contribution in [3.05, 3.63) is 71.6 Å². The van der Waals surface area contributed by atoms with E-state index in [4.69, 9.17) is 0 Å². The van der Waals surface area contributed by atoms with Gasteiger partial charge in [-0.15, -0.1) is 0 Å². The van der Waals surface area contributed by atoms with Gasteiger partial charge < -0.3 is 10.6 Å². The molecule has 0 bridgehead atoms. The maximum atomic E-state index is 13.5. The quantitative estimate of drug-likeness (QED) is 0.756. The van der Waals surface area contributed by atoms with Gasteiger partial charge in [0.15, 0.2) is 11.6 Å². The molecule has 3 rings (SSSR count). The molecular weight excluding hydrogens is 314 g/mol. The van der Waals surface area contributed by atoms with Gasteiger partial charge in [-0.05, 0) is 30.2 Å². The van der Waals surface area contributed by atoms with E-state index in [0.29, 0.717) is 6.54 Å². The number of amides is 2. The lowest BCUT2D eigenvalue weighted by molar-refractivity contribution is 0.240. The van der Waals surface area contributed by atoms with Crippen molar-refractivity contribution in [1.29, 1.82) is 0 Å². The van der Waals surface area contributed by atoms with Gasteiger partial charge in [0.25, 0.3) is 0 Å². The van der Waals surface area contributed by atoms with Crippen molar-refractivity contribution in [2.24, 2.45) is 0 Å². The summed E-state index contributed by atoms with van der Waals surface area (Å²) in [6.45, 7) is 0.536. The summed E-state index contributed by atoms with van der Waals surface area (Å²) < 4.78 is 28.3. The molecule has 0 fully saturated rings. The summed E-state index contributed by atoms with van der Waals surface area (Å²) in [7, 11) is 0. The number of halogens is 2. The van der Waals surface area contributed by atoms with E-state index in [2.05, 4.69) is 15.7 Å². The predicted molar refractivity (Wildman–Crippen MR) is 85.5 cm³/mol. The highest BCUT2D eigenvalue weighted by molar-refractivity contribution is 5.74. The Kier molecular flexibility index (Phi) is 4.69. The molecule has 124 valence electrons. The Morgan fingerprint density at radius 2 is 1.96 bits per heavy atom. The van der Waals surface area contributed by atoms with Crippen molar-refractivity contribution in [3.63, 3.8) is 0 Å². The molecule has 0 spiro atoms. The van der Waals surface area contributed by atoms with Crippen LogP contribution in [0.3, 0.4) is 0 Å². The van der Waals surface area contributed by atoms with Crippen LogP contribution in [0.5, 0.6) is 0 Å². The fraction of sp³-hybridized carbons (Fsp3) is 0.176. The predicted octanol–water partition coefficient (Wildman–Crippen LogP) is 2.65. The van der Waals surface area contributed by atoms with Crippen LogP contribution in [0.4, 0.5) is 13.6 Å². The van der Waals surface area contributed by atoms with Gasteiger partial charge in [0, 0.05) is 24.8 Å². The van der Waals surface area contributed by atoms with Gasteiger partial charge >= 0.3 is 6.03 Å². The van der Waals surface area contributed by atoms with Crippen molar-refractivity contribution >= 4 is 11.5 Å². The van der Waals surface area contributed by atoms with E-state index < -0.39 is 11.6 Å². The molecule has 1 aromatic carbocycles. The van der Waals surface area contributed by atoms with Crippen molar-refractivity contribution in [2.45, 2.75) is 13.0 Å². The Morgan fingerprint density at radius 1 is 1.08 bits per heavy atom.